The van der Waals surface area contributed by atoms with Crippen LogP contribution in [0, 0.1) is 6.92 Å². The zero-order valence-electron chi connectivity index (χ0n) is 12.6. The molecule has 0 amide bonds. The van der Waals surface area contributed by atoms with E-state index in [-0.39, 0.29) is 11.6 Å². The van der Waals surface area contributed by atoms with Crippen molar-refractivity contribution in [1.82, 2.24) is 4.98 Å². The van der Waals surface area contributed by atoms with Crippen molar-refractivity contribution >= 4 is 5.82 Å². The van der Waals surface area contributed by atoms with Gasteiger partial charge in [0.1, 0.15) is 5.82 Å². The molecular weight excluding hydrogens is 246 g/mol. The quantitative estimate of drug-likeness (QED) is 0.894. The predicted molar refractivity (Wildman–Crippen MR) is 84.8 cm³/mol. The SMILES string of the molecule is Cc1cc([C@@H](N)c2ccccc2)cnc1NC(C)(C)C. The van der Waals surface area contributed by atoms with Crippen LogP contribution in [-0.2, 0) is 0 Å². The maximum Gasteiger partial charge on any atom is 0.129 e. The maximum absolute atomic E-state index is 6.30. The van der Waals surface area contributed by atoms with E-state index in [2.05, 4.69) is 44.1 Å². The minimum Gasteiger partial charge on any atom is -0.365 e. The van der Waals surface area contributed by atoms with Gasteiger partial charge in [-0.3, -0.25) is 0 Å². The third-order valence-electron chi connectivity index (χ3n) is 3.11. The smallest absolute Gasteiger partial charge is 0.129 e. The molecule has 1 atom stereocenters. The van der Waals surface area contributed by atoms with Crippen LogP contribution in [0.1, 0.15) is 43.5 Å². The highest BCUT2D eigenvalue weighted by Gasteiger charge is 2.14. The molecule has 0 fully saturated rings. The molecule has 0 aliphatic rings. The van der Waals surface area contributed by atoms with E-state index in [9.17, 15) is 0 Å². The van der Waals surface area contributed by atoms with Gasteiger partial charge in [-0.15, -0.1) is 0 Å². The lowest BCUT2D eigenvalue weighted by molar-refractivity contribution is 0.629. The van der Waals surface area contributed by atoms with Crippen LogP contribution >= 0.6 is 0 Å². The number of hydrogen-bond acceptors (Lipinski definition) is 3. The van der Waals surface area contributed by atoms with E-state index in [1.165, 1.54) is 0 Å². The molecule has 3 nitrogen and oxygen atoms in total. The van der Waals surface area contributed by atoms with Crippen molar-refractivity contribution in [2.24, 2.45) is 5.73 Å². The summed E-state index contributed by atoms with van der Waals surface area (Å²) in [6.45, 7) is 8.43. The van der Waals surface area contributed by atoms with Gasteiger partial charge in [-0.05, 0) is 50.5 Å². The highest BCUT2D eigenvalue weighted by atomic mass is 15.0. The lowest BCUT2D eigenvalue weighted by atomic mass is 10.00. The molecule has 0 aliphatic heterocycles. The molecule has 1 heterocycles. The molecule has 0 bridgehead atoms. The number of rotatable bonds is 3. The first-order valence-electron chi connectivity index (χ1n) is 6.92. The molecule has 1 aromatic heterocycles. The number of benzene rings is 1. The first-order chi connectivity index (χ1) is 9.37. The predicted octanol–water partition coefficient (Wildman–Crippen LogP) is 3.65. The zero-order valence-corrected chi connectivity index (χ0v) is 12.6. The highest BCUT2D eigenvalue weighted by molar-refractivity contribution is 5.47. The fraction of sp³-hybridized carbons (Fsp3) is 0.353. The van der Waals surface area contributed by atoms with Gasteiger partial charge in [-0.2, -0.15) is 0 Å². The van der Waals surface area contributed by atoms with E-state index in [1.54, 1.807) is 0 Å². The fourth-order valence-electron chi connectivity index (χ4n) is 2.11. The van der Waals surface area contributed by atoms with E-state index in [1.807, 2.05) is 36.5 Å². The van der Waals surface area contributed by atoms with Crippen LogP contribution in [0.5, 0.6) is 0 Å². The van der Waals surface area contributed by atoms with Crippen LogP contribution < -0.4 is 11.1 Å². The topological polar surface area (TPSA) is 50.9 Å². The van der Waals surface area contributed by atoms with Gasteiger partial charge in [0.15, 0.2) is 0 Å². The molecule has 1 aromatic carbocycles. The molecular formula is C17H23N3. The lowest BCUT2D eigenvalue weighted by Crippen LogP contribution is -2.27. The van der Waals surface area contributed by atoms with Crippen LogP contribution in [-0.4, -0.2) is 10.5 Å². The van der Waals surface area contributed by atoms with E-state index >= 15 is 0 Å². The van der Waals surface area contributed by atoms with Crippen LogP contribution in [0.2, 0.25) is 0 Å². The Morgan fingerprint density at radius 1 is 1.10 bits per heavy atom. The molecule has 20 heavy (non-hydrogen) atoms. The van der Waals surface area contributed by atoms with Crippen molar-refractivity contribution in [3.05, 3.63) is 59.3 Å². The Balaban J connectivity index is 2.25. The fourth-order valence-corrected chi connectivity index (χ4v) is 2.11. The minimum atomic E-state index is -0.133. The van der Waals surface area contributed by atoms with Crippen molar-refractivity contribution in [2.45, 2.75) is 39.3 Å². The summed E-state index contributed by atoms with van der Waals surface area (Å²) in [4.78, 5) is 4.52. The number of nitrogens with two attached hydrogens (primary N) is 1. The molecule has 2 rings (SSSR count). The number of nitrogens with one attached hydrogen (secondary N) is 1. The van der Waals surface area contributed by atoms with Crippen LogP contribution in [0.15, 0.2) is 42.6 Å². The van der Waals surface area contributed by atoms with Crippen LogP contribution in [0.3, 0.4) is 0 Å². The Morgan fingerprint density at radius 3 is 2.30 bits per heavy atom. The van der Waals surface area contributed by atoms with Crippen molar-refractivity contribution < 1.29 is 0 Å². The molecule has 3 heteroatoms. The summed E-state index contributed by atoms with van der Waals surface area (Å²) < 4.78 is 0. The largest absolute Gasteiger partial charge is 0.365 e. The van der Waals surface area contributed by atoms with Gasteiger partial charge in [0.25, 0.3) is 0 Å². The highest BCUT2D eigenvalue weighted by Crippen LogP contribution is 2.23. The number of hydrogen-bond donors (Lipinski definition) is 2. The molecule has 0 radical (unpaired) electrons. The van der Waals surface area contributed by atoms with Gasteiger partial charge in [0, 0.05) is 11.7 Å². The average Bonchev–Trinajstić information content (AvgIpc) is 2.40. The normalized spacial score (nSPS) is 13.1. The van der Waals surface area contributed by atoms with Gasteiger partial charge in [0.2, 0.25) is 0 Å². The van der Waals surface area contributed by atoms with E-state index < -0.39 is 0 Å². The molecule has 0 spiro atoms. The summed E-state index contributed by atoms with van der Waals surface area (Å²) in [7, 11) is 0. The van der Waals surface area contributed by atoms with Crippen LogP contribution in [0.25, 0.3) is 0 Å². The Bertz CT molecular complexity index is 571. The minimum absolute atomic E-state index is 0.000816. The summed E-state index contributed by atoms with van der Waals surface area (Å²) in [5.41, 5.74) is 9.55. The second kappa shape index (κ2) is 5.63. The molecule has 0 unspecified atom stereocenters. The Kier molecular flexibility index (Phi) is 4.09. The second-order valence-electron chi connectivity index (χ2n) is 6.20. The first-order valence-corrected chi connectivity index (χ1v) is 6.92. The lowest BCUT2D eigenvalue weighted by Gasteiger charge is -2.23. The van der Waals surface area contributed by atoms with Crippen molar-refractivity contribution in [3.63, 3.8) is 0 Å². The van der Waals surface area contributed by atoms with Gasteiger partial charge in [-0.25, -0.2) is 4.98 Å². The summed E-state index contributed by atoms with van der Waals surface area (Å²) in [6, 6.07) is 12.1. The van der Waals surface area contributed by atoms with Gasteiger partial charge >= 0.3 is 0 Å². The molecule has 2 aromatic rings. The Hall–Kier alpha value is -1.87. The monoisotopic (exact) mass is 269 g/mol. The van der Waals surface area contributed by atoms with E-state index in [4.69, 9.17) is 5.73 Å². The zero-order chi connectivity index (χ0) is 14.8. The molecule has 3 N–H and O–H groups in total. The molecule has 0 saturated heterocycles. The number of aryl methyl sites for hydroxylation is 1. The van der Waals surface area contributed by atoms with Gasteiger partial charge < -0.3 is 11.1 Å². The average molecular weight is 269 g/mol. The number of nitrogens with zero attached hydrogens (tertiary/aromatic N) is 1. The molecule has 0 aliphatic carbocycles. The third-order valence-corrected chi connectivity index (χ3v) is 3.11. The summed E-state index contributed by atoms with van der Waals surface area (Å²) in [5.74, 6) is 0.918. The standard InChI is InChI=1S/C17H23N3/c1-12-10-14(11-19-16(12)20-17(2,3)4)15(18)13-8-6-5-7-9-13/h5-11,15H,18H2,1-4H3,(H,19,20)/t15-/m0/s1. The van der Waals surface area contributed by atoms with E-state index in [0.29, 0.717) is 0 Å². The van der Waals surface area contributed by atoms with E-state index in [0.717, 1.165) is 22.5 Å². The second-order valence-corrected chi connectivity index (χ2v) is 6.20. The third kappa shape index (κ3) is 3.58. The van der Waals surface area contributed by atoms with Crippen molar-refractivity contribution in [3.8, 4) is 0 Å². The van der Waals surface area contributed by atoms with Crippen molar-refractivity contribution in [1.29, 1.82) is 0 Å². The maximum atomic E-state index is 6.30. The van der Waals surface area contributed by atoms with Crippen LogP contribution in [0.4, 0.5) is 5.82 Å². The van der Waals surface area contributed by atoms with Gasteiger partial charge in [0.05, 0.1) is 6.04 Å². The summed E-state index contributed by atoms with van der Waals surface area (Å²) >= 11 is 0. The first kappa shape index (κ1) is 14.5. The van der Waals surface area contributed by atoms with Gasteiger partial charge in [-0.1, -0.05) is 30.3 Å². The molecule has 106 valence electrons. The number of anilines is 1. The Labute approximate surface area is 121 Å². The number of pyridine rings is 1. The summed E-state index contributed by atoms with van der Waals surface area (Å²) in [6.07, 6.45) is 1.86. The van der Waals surface area contributed by atoms with Crippen molar-refractivity contribution in [2.75, 3.05) is 5.32 Å². The molecule has 0 saturated carbocycles. The summed E-state index contributed by atoms with van der Waals surface area (Å²) in [5, 5.41) is 3.40. The number of aromatic nitrogens is 1. The Morgan fingerprint density at radius 2 is 1.75 bits per heavy atom.